The van der Waals surface area contributed by atoms with E-state index in [9.17, 15) is 4.79 Å². The van der Waals surface area contributed by atoms with Crippen molar-refractivity contribution in [3.05, 3.63) is 60.3 Å². The first kappa shape index (κ1) is 15.2. The van der Waals surface area contributed by atoms with Crippen LogP contribution < -0.4 is 10.6 Å². The van der Waals surface area contributed by atoms with Crippen LogP contribution in [-0.4, -0.2) is 10.5 Å². The van der Waals surface area contributed by atoms with Gasteiger partial charge in [-0.05, 0) is 42.8 Å². The molecule has 0 spiro atoms. The highest BCUT2D eigenvalue weighted by Gasteiger charge is 2.06. The Labute approximate surface area is 136 Å². The first-order chi connectivity index (χ1) is 11.2. The molecular formula is C19H21N3O. The number of fused-ring (bicyclic) bond motifs is 1. The van der Waals surface area contributed by atoms with Crippen molar-refractivity contribution < 1.29 is 4.79 Å². The van der Waals surface area contributed by atoms with Crippen LogP contribution in [0.1, 0.15) is 19.4 Å². The minimum atomic E-state index is -0.0573. The van der Waals surface area contributed by atoms with Crippen molar-refractivity contribution in [2.75, 3.05) is 10.6 Å². The van der Waals surface area contributed by atoms with E-state index in [1.165, 1.54) is 23.4 Å². The van der Waals surface area contributed by atoms with Gasteiger partial charge in [-0.25, -0.2) is 0 Å². The Morgan fingerprint density at radius 2 is 1.74 bits per heavy atom. The minimum absolute atomic E-state index is 0.0573. The predicted molar refractivity (Wildman–Crippen MR) is 95.7 cm³/mol. The highest BCUT2D eigenvalue weighted by Crippen LogP contribution is 2.22. The lowest BCUT2D eigenvalue weighted by atomic mass is 10.1. The first-order valence-corrected chi connectivity index (χ1v) is 7.85. The number of hydrogen-bond acceptors (Lipinski definition) is 2. The summed E-state index contributed by atoms with van der Waals surface area (Å²) in [6, 6.07) is 16.2. The molecule has 3 aromatic rings. The number of rotatable bonds is 5. The fourth-order valence-corrected chi connectivity index (χ4v) is 2.80. The zero-order valence-electron chi connectivity index (χ0n) is 13.5. The molecule has 0 radical (unpaired) electrons. The first-order valence-electron chi connectivity index (χ1n) is 7.85. The Bertz CT molecular complexity index is 818. The summed E-state index contributed by atoms with van der Waals surface area (Å²) in [5.41, 5.74) is 4.40. The quantitative estimate of drug-likeness (QED) is 0.741. The van der Waals surface area contributed by atoms with Gasteiger partial charge >= 0.3 is 0 Å². The van der Waals surface area contributed by atoms with E-state index in [-0.39, 0.29) is 5.91 Å². The van der Waals surface area contributed by atoms with Gasteiger partial charge in [0.2, 0.25) is 5.91 Å². The molecule has 0 aliphatic carbocycles. The van der Waals surface area contributed by atoms with Crippen molar-refractivity contribution in [1.82, 2.24) is 4.57 Å². The zero-order valence-corrected chi connectivity index (χ0v) is 13.5. The molecule has 0 bridgehead atoms. The number of benzene rings is 2. The average molecular weight is 307 g/mol. The number of aryl methyl sites for hydroxylation is 1. The number of nitrogens with zero attached hydrogens (tertiary/aromatic N) is 1. The van der Waals surface area contributed by atoms with Crippen molar-refractivity contribution in [3.8, 4) is 0 Å². The third-order valence-corrected chi connectivity index (χ3v) is 3.90. The summed E-state index contributed by atoms with van der Waals surface area (Å²) >= 11 is 0. The Balaban J connectivity index is 1.74. The van der Waals surface area contributed by atoms with Gasteiger partial charge in [-0.3, -0.25) is 4.79 Å². The predicted octanol–water partition coefficient (Wildman–Crippen LogP) is 4.23. The maximum absolute atomic E-state index is 11.0. The molecule has 0 aliphatic rings. The maximum atomic E-state index is 11.0. The Kier molecular flexibility index (Phi) is 4.33. The molecule has 0 saturated carbocycles. The second-order valence-corrected chi connectivity index (χ2v) is 5.57. The topological polar surface area (TPSA) is 46.1 Å². The average Bonchev–Trinajstić information content (AvgIpc) is 2.92. The summed E-state index contributed by atoms with van der Waals surface area (Å²) < 4.78 is 2.27. The Morgan fingerprint density at radius 3 is 2.43 bits per heavy atom. The molecule has 0 unspecified atom stereocenters. The molecule has 0 atom stereocenters. The molecule has 3 rings (SSSR count). The SMILES string of the molecule is CCn1cc(CNc2ccc(NC(C)=O)cc2)c2ccccc21. The molecule has 4 heteroatoms. The van der Waals surface area contributed by atoms with Gasteiger partial charge in [0.05, 0.1) is 0 Å². The van der Waals surface area contributed by atoms with Crippen LogP contribution in [0.2, 0.25) is 0 Å². The molecule has 2 N–H and O–H groups in total. The van der Waals surface area contributed by atoms with Crippen molar-refractivity contribution in [2.45, 2.75) is 26.9 Å². The molecule has 1 amide bonds. The summed E-state index contributed by atoms with van der Waals surface area (Å²) in [5, 5.41) is 7.50. The van der Waals surface area contributed by atoms with E-state index in [4.69, 9.17) is 0 Å². The van der Waals surface area contributed by atoms with Gasteiger partial charge in [-0.15, -0.1) is 0 Å². The molecule has 23 heavy (non-hydrogen) atoms. The number of amides is 1. The van der Waals surface area contributed by atoms with Crippen LogP contribution in [0.3, 0.4) is 0 Å². The van der Waals surface area contributed by atoms with Crippen LogP contribution in [0.15, 0.2) is 54.7 Å². The molecule has 0 aliphatic heterocycles. The molecular weight excluding hydrogens is 286 g/mol. The highest BCUT2D eigenvalue weighted by atomic mass is 16.1. The lowest BCUT2D eigenvalue weighted by molar-refractivity contribution is -0.114. The molecule has 0 fully saturated rings. The van der Waals surface area contributed by atoms with Gasteiger partial charge in [0.25, 0.3) is 0 Å². The number of carbonyl (C=O) groups excluding carboxylic acids is 1. The van der Waals surface area contributed by atoms with Crippen LogP contribution >= 0.6 is 0 Å². The third-order valence-electron chi connectivity index (χ3n) is 3.90. The van der Waals surface area contributed by atoms with Crippen LogP contribution in [0.25, 0.3) is 10.9 Å². The van der Waals surface area contributed by atoms with E-state index in [1.54, 1.807) is 0 Å². The standard InChI is InChI=1S/C19H21N3O/c1-3-22-13-15(18-6-4-5-7-19(18)22)12-20-16-8-10-17(11-9-16)21-14(2)23/h4-11,13,20H,3,12H2,1-2H3,(H,21,23). The van der Waals surface area contributed by atoms with Gasteiger partial charge in [0.1, 0.15) is 0 Å². The number of hydrogen-bond donors (Lipinski definition) is 2. The van der Waals surface area contributed by atoms with Gasteiger partial charge in [-0.1, -0.05) is 18.2 Å². The monoisotopic (exact) mass is 307 g/mol. The van der Waals surface area contributed by atoms with Crippen LogP contribution in [-0.2, 0) is 17.9 Å². The number of anilines is 2. The fourth-order valence-electron chi connectivity index (χ4n) is 2.80. The summed E-state index contributed by atoms with van der Waals surface area (Å²) in [6.07, 6.45) is 2.21. The van der Waals surface area contributed by atoms with Gasteiger partial charge < -0.3 is 15.2 Å². The Hall–Kier alpha value is -2.75. The van der Waals surface area contributed by atoms with Crippen molar-refractivity contribution in [3.63, 3.8) is 0 Å². The van der Waals surface area contributed by atoms with E-state index in [0.717, 1.165) is 24.5 Å². The second kappa shape index (κ2) is 6.57. The zero-order chi connectivity index (χ0) is 16.2. The highest BCUT2D eigenvalue weighted by molar-refractivity contribution is 5.88. The molecule has 118 valence electrons. The third kappa shape index (κ3) is 3.37. The van der Waals surface area contributed by atoms with Crippen molar-refractivity contribution in [2.24, 2.45) is 0 Å². The molecule has 1 heterocycles. The van der Waals surface area contributed by atoms with E-state index >= 15 is 0 Å². The van der Waals surface area contributed by atoms with Gasteiger partial charge in [0.15, 0.2) is 0 Å². The van der Waals surface area contributed by atoms with E-state index in [0.29, 0.717) is 0 Å². The Morgan fingerprint density at radius 1 is 1.04 bits per heavy atom. The summed E-state index contributed by atoms with van der Waals surface area (Å²) in [4.78, 5) is 11.0. The maximum Gasteiger partial charge on any atom is 0.221 e. The van der Waals surface area contributed by atoms with E-state index < -0.39 is 0 Å². The molecule has 4 nitrogen and oxygen atoms in total. The number of nitrogens with one attached hydrogen (secondary N) is 2. The summed E-state index contributed by atoms with van der Waals surface area (Å²) in [5.74, 6) is -0.0573. The summed E-state index contributed by atoms with van der Waals surface area (Å²) in [7, 11) is 0. The largest absolute Gasteiger partial charge is 0.381 e. The smallest absolute Gasteiger partial charge is 0.221 e. The van der Waals surface area contributed by atoms with Crippen molar-refractivity contribution in [1.29, 1.82) is 0 Å². The number of carbonyl (C=O) groups is 1. The number of para-hydroxylation sites is 1. The minimum Gasteiger partial charge on any atom is -0.381 e. The van der Waals surface area contributed by atoms with E-state index in [2.05, 4.69) is 52.6 Å². The fraction of sp³-hybridized carbons (Fsp3) is 0.211. The van der Waals surface area contributed by atoms with Crippen LogP contribution in [0, 0.1) is 0 Å². The normalized spacial score (nSPS) is 10.7. The molecule has 0 saturated heterocycles. The van der Waals surface area contributed by atoms with Crippen LogP contribution in [0.4, 0.5) is 11.4 Å². The molecule has 1 aromatic heterocycles. The van der Waals surface area contributed by atoms with Crippen molar-refractivity contribution >= 4 is 28.2 Å². The lowest BCUT2D eigenvalue weighted by Gasteiger charge is -2.07. The number of aromatic nitrogens is 1. The summed E-state index contributed by atoms with van der Waals surface area (Å²) in [6.45, 7) is 5.40. The van der Waals surface area contributed by atoms with E-state index in [1.807, 2.05) is 24.3 Å². The second-order valence-electron chi connectivity index (χ2n) is 5.57. The van der Waals surface area contributed by atoms with Crippen LogP contribution in [0.5, 0.6) is 0 Å². The van der Waals surface area contributed by atoms with Gasteiger partial charge in [0, 0.05) is 48.5 Å². The molecule has 2 aromatic carbocycles. The van der Waals surface area contributed by atoms with Gasteiger partial charge in [-0.2, -0.15) is 0 Å². The lowest BCUT2D eigenvalue weighted by Crippen LogP contribution is -2.05.